The molecule has 1 aliphatic carbocycles. The van der Waals surface area contributed by atoms with E-state index in [1.54, 1.807) is 36.4 Å². The summed E-state index contributed by atoms with van der Waals surface area (Å²) in [4.78, 5) is 0.461. The number of aliphatic hydroxyl groups is 1. The summed E-state index contributed by atoms with van der Waals surface area (Å²) in [5.41, 5.74) is 0. The van der Waals surface area contributed by atoms with E-state index in [1.807, 2.05) is 0 Å². The molecule has 3 rings (SSSR count). The predicted octanol–water partition coefficient (Wildman–Crippen LogP) is 1.51. The van der Waals surface area contributed by atoms with Gasteiger partial charge in [-0.05, 0) is 30.9 Å². The highest BCUT2D eigenvalue weighted by molar-refractivity contribution is 7.95. The van der Waals surface area contributed by atoms with Crippen molar-refractivity contribution in [1.29, 1.82) is 0 Å². The molecule has 0 saturated carbocycles. The van der Waals surface area contributed by atoms with E-state index in [-0.39, 0.29) is 15.7 Å². The Labute approximate surface area is 112 Å². The number of fused-ring (bicyclic) bond motifs is 2. The lowest BCUT2D eigenvalue weighted by molar-refractivity contribution is -0.0891. The molecule has 4 nitrogen and oxygen atoms in total. The molecule has 2 aliphatic rings. The van der Waals surface area contributed by atoms with Crippen molar-refractivity contribution in [2.24, 2.45) is 5.92 Å². The van der Waals surface area contributed by atoms with Crippen LogP contribution < -0.4 is 0 Å². The molecule has 3 atom stereocenters. The van der Waals surface area contributed by atoms with Gasteiger partial charge in [0, 0.05) is 6.61 Å². The normalized spacial score (nSPS) is 30.8. The summed E-state index contributed by atoms with van der Waals surface area (Å²) in [6.45, 7) is 0.508. The third-order valence-corrected chi connectivity index (χ3v) is 5.76. The first-order valence-corrected chi connectivity index (χ1v) is 7.89. The van der Waals surface area contributed by atoms with E-state index >= 15 is 0 Å². The van der Waals surface area contributed by atoms with Crippen molar-refractivity contribution in [2.75, 3.05) is 6.61 Å². The van der Waals surface area contributed by atoms with Crippen LogP contribution in [0.25, 0.3) is 0 Å². The van der Waals surface area contributed by atoms with Crippen molar-refractivity contribution in [3.05, 3.63) is 41.3 Å². The molecule has 0 aromatic heterocycles. The van der Waals surface area contributed by atoms with E-state index in [0.29, 0.717) is 13.0 Å². The largest absolute Gasteiger partial charge is 0.390 e. The van der Waals surface area contributed by atoms with Crippen LogP contribution in [0.15, 0.2) is 46.2 Å². The Hall–Kier alpha value is -1.17. The van der Waals surface area contributed by atoms with Crippen LogP contribution in [0.2, 0.25) is 0 Å². The molecule has 0 radical (unpaired) electrons. The quantitative estimate of drug-likeness (QED) is 0.892. The van der Waals surface area contributed by atoms with Gasteiger partial charge >= 0.3 is 0 Å². The Morgan fingerprint density at radius 3 is 2.68 bits per heavy atom. The first-order chi connectivity index (χ1) is 9.10. The van der Waals surface area contributed by atoms with E-state index in [9.17, 15) is 13.5 Å². The van der Waals surface area contributed by atoms with Crippen LogP contribution in [0.4, 0.5) is 0 Å². The fourth-order valence-corrected chi connectivity index (χ4v) is 4.37. The van der Waals surface area contributed by atoms with E-state index in [4.69, 9.17) is 4.74 Å². The lowest BCUT2D eigenvalue weighted by Crippen LogP contribution is -2.46. The van der Waals surface area contributed by atoms with Crippen molar-refractivity contribution in [3.63, 3.8) is 0 Å². The molecule has 102 valence electrons. The minimum absolute atomic E-state index is 0.119. The Kier molecular flexibility index (Phi) is 3.20. The smallest absolute Gasteiger partial charge is 0.205 e. The fourth-order valence-electron chi connectivity index (χ4n) is 2.75. The molecule has 1 N–H and O–H groups in total. The van der Waals surface area contributed by atoms with Crippen LogP contribution in [-0.2, 0) is 14.6 Å². The molecule has 1 aromatic carbocycles. The minimum atomic E-state index is -3.57. The van der Waals surface area contributed by atoms with Gasteiger partial charge in [-0.3, -0.25) is 0 Å². The standard InChI is InChI=1S/C14H16O4S/c15-13-10-6-7-12(14(13)18-9-8-10)19(16,17)11-4-2-1-3-5-11/h1-5,7,10,13-15H,6,8-9H2/t10-,13-,14-/m1/s1. The maximum Gasteiger partial charge on any atom is 0.205 e. The number of aliphatic hydroxyl groups excluding tert-OH is 1. The topological polar surface area (TPSA) is 63.6 Å². The van der Waals surface area contributed by atoms with Crippen LogP contribution in [-0.4, -0.2) is 32.3 Å². The molecule has 0 unspecified atom stereocenters. The molecule has 1 aliphatic heterocycles. The molecule has 0 spiro atoms. The number of sulfone groups is 1. The molecular formula is C14H16O4S. The van der Waals surface area contributed by atoms with E-state index in [1.165, 1.54) is 0 Å². The van der Waals surface area contributed by atoms with Gasteiger partial charge in [0.25, 0.3) is 0 Å². The summed E-state index contributed by atoms with van der Waals surface area (Å²) in [6.07, 6.45) is 1.67. The average molecular weight is 280 g/mol. The lowest BCUT2D eigenvalue weighted by Gasteiger charge is -2.38. The van der Waals surface area contributed by atoms with Gasteiger partial charge in [-0.15, -0.1) is 0 Å². The Morgan fingerprint density at radius 2 is 1.95 bits per heavy atom. The van der Waals surface area contributed by atoms with E-state index in [0.717, 1.165) is 6.42 Å². The maximum atomic E-state index is 12.6. The molecule has 1 saturated heterocycles. The molecular weight excluding hydrogens is 264 g/mol. The molecule has 19 heavy (non-hydrogen) atoms. The van der Waals surface area contributed by atoms with Gasteiger partial charge in [-0.25, -0.2) is 8.42 Å². The number of allylic oxidation sites excluding steroid dienone is 1. The van der Waals surface area contributed by atoms with Crippen molar-refractivity contribution < 1.29 is 18.3 Å². The number of hydrogen-bond donors (Lipinski definition) is 1. The van der Waals surface area contributed by atoms with Crippen molar-refractivity contribution in [3.8, 4) is 0 Å². The van der Waals surface area contributed by atoms with Gasteiger partial charge in [0.2, 0.25) is 9.84 Å². The third-order valence-electron chi connectivity index (χ3n) is 3.85. The van der Waals surface area contributed by atoms with Gasteiger partial charge in [0.1, 0.15) is 6.10 Å². The Balaban J connectivity index is 2.02. The minimum Gasteiger partial charge on any atom is -0.390 e. The van der Waals surface area contributed by atoms with Crippen molar-refractivity contribution >= 4 is 9.84 Å². The third kappa shape index (κ3) is 2.12. The first kappa shape index (κ1) is 12.8. The van der Waals surface area contributed by atoms with Crippen molar-refractivity contribution in [2.45, 2.75) is 29.9 Å². The van der Waals surface area contributed by atoms with Gasteiger partial charge in [0.15, 0.2) is 0 Å². The average Bonchev–Trinajstić information content (AvgIpc) is 2.39. The number of benzene rings is 1. The molecule has 1 fully saturated rings. The number of ether oxygens (including phenoxy) is 1. The monoisotopic (exact) mass is 280 g/mol. The summed E-state index contributed by atoms with van der Waals surface area (Å²) in [7, 11) is -3.57. The highest BCUT2D eigenvalue weighted by atomic mass is 32.2. The van der Waals surface area contributed by atoms with Crippen LogP contribution in [0.5, 0.6) is 0 Å². The summed E-state index contributed by atoms with van der Waals surface area (Å²) in [5.74, 6) is 0.119. The molecule has 0 amide bonds. The van der Waals surface area contributed by atoms with Crippen molar-refractivity contribution in [1.82, 2.24) is 0 Å². The molecule has 2 bridgehead atoms. The number of hydrogen-bond acceptors (Lipinski definition) is 4. The van der Waals surface area contributed by atoms with E-state index in [2.05, 4.69) is 0 Å². The van der Waals surface area contributed by atoms with Crippen LogP contribution in [0.3, 0.4) is 0 Å². The fraction of sp³-hybridized carbons (Fsp3) is 0.429. The highest BCUT2D eigenvalue weighted by Crippen LogP contribution is 2.37. The van der Waals surface area contributed by atoms with Gasteiger partial charge in [-0.2, -0.15) is 0 Å². The lowest BCUT2D eigenvalue weighted by atomic mass is 9.85. The predicted molar refractivity (Wildman–Crippen MR) is 70.2 cm³/mol. The van der Waals surface area contributed by atoms with Crippen LogP contribution >= 0.6 is 0 Å². The Morgan fingerprint density at radius 1 is 1.21 bits per heavy atom. The zero-order chi connectivity index (χ0) is 13.5. The van der Waals surface area contributed by atoms with Gasteiger partial charge < -0.3 is 9.84 Å². The zero-order valence-electron chi connectivity index (χ0n) is 10.4. The summed E-state index contributed by atoms with van der Waals surface area (Å²) >= 11 is 0. The first-order valence-electron chi connectivity index (χ1n) is 6.40. The second-order valence-electron chi connectivity index (χ2n) is 4.99. The Bertz CT molecular complexity index is 591. The second-order valence-corrected chi connectivity index (χ2v) is 6.94. The van der Waals surface area contributed by atoms with Crippen LogP contribution in [0.1, 0.15) is 12.8 Å². The van der Waals surface area contributed by atoms with Crippen LogP contribution in [0, 0.1) is 5.92 Å². The van der Waals surface area contributed by atoms with E-state index < -0.39 is 22.0 Å². The van der Waals surface area contributed by atoms with Gasteiger partial charge in [0.05, 0.1) is 15.9 Å². The highest BCUT2D eigenvalue weighted by Gasteiger charge is 2.42. The summed E-state index contributed by atoms with van der Waals surface area (Å²) < 4.78 is 30.6. The SMILES string of the molecule is O=S(=O)(C1=CC[C@@H]2CCO[C@H]1[C@@H]2O)c1ccccc1. The second kappa shape index (κ2) is 4.74. The summed E-state index contributed by atoms with van der Waals surface area (Å²) in [6, 6.07) is 8.29. The maximum absolute atomic E-state index is 12.6. The summed E-state index contributed by atoms with van der Waals surface area (Å²) in [5, 5.41) is 10.1. The van der Waals surface area contributed by atoms with Gasteiger partial charge in [-0.1, -0.05) is 24.3 Å². The number of rotatable bonds is 2. The zero-order valence-corrected chi connectivity index (χ0v) is 11.2. The molecule has 1 aromatic rings. The molecule has 5 heteroatoms. The molecule has 1 heterocycles.